The molecule has 3 N–H and O–H groups in total. The first kappa shape index (κ1) is 37.6. The lowest BCUT2D eigenvalue weighted by Gasteiger charge is -2.34. The van der Waals surface area contributed by atoms with E-state index in [1.54, 1.807) is 18.5 Å². The van der Waals surface area contributed by atoms with Crippen LogP contribution >= 0.6 is 11.3 Å². The van der Waals surface area contributed by atoms with Gasteiger partial charge in [-0.2, -0.15) is 0 Å². The molecule has 11 heteroatoms. The molecule has 270 valence electrons. The van der Waals surface area contributed by atoms with Gasteiger partial charge in [0.1, 0.15) is 17.8 Å². The monoisotopic (exact) mass is 711 g/mol. The number of aromatic nitrogens is 2. The maximum Gasteiger partial charge on any atom is 0.322 e. The van der Waals surface area contributed by atoms with Gasteiger partial charge in [0, 0.05) is 54.5 Å². The molecule has 3 heterocycles. The third-order valence-electron chi connectivity index (χ3n) is 8.97. The molecule has 5 rings (SSSR count). The number of aliphatic carboxylic acids is 1. The van der Waals surface area contributed by atoms with Crippen LogP contribution in [-0.4, -0.2) is 76.1 Å². The van der Waals surface area contributed by atoms with Crippen LogP contribution in [0.15, 0.2) is 73.1 Å². The maximum atomic E-state index is 13.8. The number of hydrogen-bond donors (Lipinski definition) is 3. The second kappa shape index (κ2) is 17.5. The number of thiophene rings is 1. The van der Waals surface area contributed by atoms with Crippen LogP contribution in [0.3, 0.4) is 0 Å². The number of nitrogens with one attached hydrogen (secondary N) is 2. The van der Waals surface area contributed by atoms with E-state index in [-0.39, 0.29) is 30.2 Å². The fourth-order valence-corrected chi connectivity index (χ4v) is 6.89. The third kappa shape index (κ3) is 10.5. The van der Waals surface area contributed by atoms with Crippen molar-refractivity contribution in [2.75, 3.05) is 26.2 Å². The van der Waals surface area contributed by atoms with Crippen LogP contribution in [0.1, 0.15) is 79.9 Å². The Morgan fingerprint density at radius 1 is 0.941 bits per heavy atom. The van der Waals surface area contributed by atoms with Gasteiger partial charge in [0.15, 0.2) is 5.82 Å². The Morgan fingerprint density at radius 3 is 2.27 bits per heavy atom. The van der Waals surface area contributed by atoms with Gasteiger partial charge in [0.05, 0.1) is 11.5 Å². The number of rotatable bonds is 15. The van der Waals surface area contributed by atoms with E-state index in [9.17, 15) is 19.5 Å². The Labute approximate surface area is 304 Å². The molecule has 1 aliphatic rings. The van der Waals surface area contributed by atoms with E-state index in [1.165, 1.54) is 41.9 Å². The number of carboxylic acid groups (broad SMARTS) is 1. The molecule has 0 spiro atoms. The number of carboxylic acids is 1. The molecule has 2 amide bonds. The summed E-state index contributed by atoms with van der Waals surface area (Å²) in [6.07, 6.45) is 9.86. The van der Waals surface area contributed by atoms with Crippen molar-refractivity contribution in [3.05, 3.63) is 88.4 Å². The highest BCUT2D eigenvalue weighted by atomic mass is 32.1. The molecule has 1 unspecified atom stereocenters. The topological polar surface area (TPSA) is 134 Å². The van der Waals surface area contributed by atoms with Gasteiger partial charge in [0.2, 0.25) is 5.91 Å². The SMILES string of the molecule is CCCCCCCOc1ccc(-c2cnc(-c3ccc(C[C@H](NC(=O)c4ccc(C(C)(C)C)s4)C(=O)N4CCNC(C(=O)O)C4)cc3)nc2)cc1. The molecule has 0 bridgehead atoms. The van der Waals surface area contributed by atoms with Gasteiger partial charge in [-0.3, -0.25) is 14.4 Å². The first-order valence-electron chi connectivity index (χ1n) is 17.8. The van der Waals surface area contributed by atoms with E-state index in [0.717, 1.165) is 45.9 Å². The first-order valence-corrected chi connectivity index (χ1v) is 18.6. The predicted octanol–water partition coefficient (Wildman–Crippen LogP) is 6.74. The highest BCUT2D eigenvalue weighted by Gasteiger charge is 2.33. The number of amides is 2. The van der Waals surface area contributed by atoms with E-state index in [1.807, 2.05) is 54.6 Å². The number of ether oxygens (including phenoxy) is 1. The molecule has 10 nitrogen and oxygen atoms in total. The van der Waals surface area contributed by atoms with Gasteiger partial charge in [-0.25, -0.2) is 9.97 Å². The standard InChI is InChI=1S/C40H49N5O5S/c1-5-6-7-8-9-22-50-31-16-14-28(15-17-31)30-24-42-36(43-25-30)29-12-10-27(11-13-29)23-32(38(47)45-21-20-41-33(26-45)39(48)49)44-37(46)34-18-19-35(51-34)40(2,3)4/h10-19,24-25,32-33,41H,5-9,20-23,26H2,1-4H3,(H,44,46)(H,48,49)/t32-,33?/m0/s1. The second-order valence-corrected chi connectivity index (χ2v) is 15.1. The zero-order valence-electron chi connectivity index (χ0n) is 30.0. The second-order valence-electron chi connectivity index (χ2n) is 14.1. The minimum Gasteiger partial charge on any atom is -0.494 e. The third-order valence-corrected chi connectivity index (χ3v) is 10.5. The van der Waals surface area contributed by atoms with Gasteiger partial charge in [-0.15, -0.1) is 11.3 Å². The van der Waals surface area contributed by atoms with Crippen LogP contribution in [0, 0.1) is 0 Å². The predicted molar refractivity (Wildman–Crippen MR) is 201 cm³/mol. The van der Waals surface area contributed by atoms with Crippen LogP contribution in [0.4, 0.5) is 0 Å². The van der Waals surface area contributed by atoms with E-state index in [0.29, 0.717) is 23.8 Å². The lowest BCUT2D eigenvalue weighted by atomic mass is 9.95. The van der Waals surface area contributed by atoms with E-state index >= 15 is 0 Å². The Kier molecular flexibility index (Phi) is 13.0. The van der Waals surface area contributed by atoms with Crippen molar-refractivity contribution in [1.82, 2.24) is 25.5 Å². The summed E-state index contributed by atoms with van der Waals surface area (Å²) >= 11 is 1.41. The lowest BCUT2D eigenvalue weighted by molar-refractivity contribution is -0.143. The maximum absolute atomic E-state index is 13.8. The highest BCUT2D eigenvalue weighted by molar-refractivity contribution is 7.14. The van der Waals surface area contributed by atoms with Crippen LogP contribution in [0.25, 0.3) is 22.5 Å². The van der Waals surface area contributed by atoms with Crippen molar-refractivity contribution < 1.29 is 24.2 Å². The summed E-state index contributed by atoms with van der Waals surface area (Å²) in [7, 11) is 0. The summed E-state index contributed by atoms with van der Waals surface area (Å²) < 4.78 is 5.90. The van der Waals surface area contributed by atoms with Crippen LogP contribution in [0.2, 0.25) is 0 Å². The molecule has 1 fully saturated rings. The molecule has 1 aliphatic heterocycles. The van der Waals surface area contributed by atoms with E-state index in [4.69, 9.17) is 4.74 Å². The summed E-state index contributed by atoms with van der Waals surface area (Å²) in [6.45, 7) is 9.94. The molecular formula is C40H49N5O5S. The Bertz CT molecular complexity index is 1750. The minimum absolute atomic E-state index is 0.0249. The number of hydrogen-bond acceptors (Lipinski definition) is 8. The number of nitrogens with zero attached hydrogens (tertiary/aromatic N) is 3. The molecule has 0 saturated carbocycles. The fraction of sp³-hybridized carbons (Fsp3) is 0.425. The summed E-state index contributed by atoms with van der Waals surface area (Å²) in [5, 5.41) is 15.4. The van der Waals surface area contributed by atoms with Crippen molar-refractivity contribution in [3.8, 4) is 28.3 Å². The van der Waals surface area contributed by atoms with Gasteiger partial charge in [-0.1, -0.05) is 89.8 Å². The van der Waals surface area contributed by atoms with E-state index in [2.05, 4.69) is 48.3 Å². The normalized spacial score (nSPS) is 15.3. The molecule has 2 aromatic carbocycles. The van der Waals surface area contributed by atoms with Gasteiger partial charge in [-0.05, 0) is 47.2 Å². The molecule has 2 aromatic heterocycles. The van der Waals surface area contributed by atoms with Gasteiger partial charge in [0.25, 0.3) is 5.91 Å². The molecule has 0 aliphatic carbocycles. The molecule has 4 aromatic rings. The number of benzene rings is 2. The minimum atomic E-state index is -1.02. The lowest BCUT2D eigenvalue weighted by Crippen LogP contribution is -2.59. The quantitative estimate of drug-likeness (QED) is 0.116. The van der Waals surface area contributed by atoms with Crippen LogP contribution < -0.4 is 15.4 Å². The van der Waals surface area contributed by atoms with Crippen LogP contribution in [0.5, 0.6) is 5.75 Å². The largest absolute Gasteiger partial charge is 0.494 e. The van der Waals surface area contributed by atoms with Crippen molar-refractivity contribution in [3.63, 3.8) is 0 Å². The summed E-state index contributed by atoms with van der Waals surface area (Å²) in [5.41, 5.74) is 3.45. The summed E-state index contributed by atoms with van der Waals surface area (Å²) in [5.74, 6) is -0.229. The number of piperazine rings is 1. The van der Waals surface area contributed by atoms with E-state index < -0.39 is 18.1 Å². The number of unbranched alkanes of at least 4 members (excludes halogenated alkanes) is 4. The molecule has 51 heavy (non-hydrogen) atoms. The first-order chi connectivity index (χ1) is 24.5. The Morgan fingerprint density at radius 2 is 1.63 bits per heavy atom. The number of carbonyl (C=O) groups is 3. The molecule has 1 saturated heterocycles. The zero-order valence-corrected chi connectivity index (χ0v) is 30.8. The average molecular weight is 712 g/mol. The van der Waals surface area contributed by atoms with Crippen molar-refractivity contribution in [1.29, 1.82) is 0 Å². The van der Waals surface area contributed by atoms with Crippen molar-refractivity contribution >= 4 is 29.1 Å². The highest BCUT2D eigenvalue weighted by Crippen LogP contribution is 2.30. The molecular weight excluding hydrogens is 663 g/mol. The summed E-state index contributed by atoms with van der Waals surface area (Å²) in [4.78, 5) is 51.2. The van der Waals surface area contributed by atoms with Crippen molar-refractivity contribution in [2.24, 2.45) is 0 Å². The van der Waals surface area contributed by atoms with Crippen molar-refractivity contribution in [2.45, 2.75) is 83.7 Å². The molecule has 2 atom stereocenters. The van der Waals surface area contributed by atoms with Crippen LogP contribution in [-0.2, 0) is 21.4 Å². The van der Waals surface area contributed by atoms with Gasteiger partial charge >= 0.3 is 5.97 Å². The Balaban J connectivity index is 1.24. The smallest absolute Gasteiger partial charge is 0.322 e. The Hall–Kier alpha value is -4.61. The zero-order chi connectivity index (χ0) is 36.4. The number of carbonyl (C=O) groups excluding carboxylic acids is 2. The summed E-state index contributed by atoms with van der Waals surface area (Å²) in [6, 6.07) is 17.6. The van der Waals surface area contributed by atoms with Gasteiger partial charge < -0.3 is 25.4 Å². The fourth-order valence-electron chi connectivity index (χ4n) is 5.92. The molecule has 0 radical (unpaired) electrons. The average Bonchev–Trinajstić information content (AvgIpc) is 3.65.